The third-order valence-electron chi connectivity index (χ3n) is 2.61. The smallest absolute Gasteiger partial charge is 0.397 e. The van der Waals surface area contributed by atoms with Crippen molar-refractivity contribution in [2.45, 2.75) is 13.1 Å². The number of pyridine rings is 1. The van der Waals surface area contributed by atoms with Crippen LogP contribution < -0.4 is 5.73 Å². The lowest BCUT2D eigenvalue weighted by Crippen LogP contribution is -2.10. The molecule has 18 heavy (non-hydrogen) atoms. The van der Waals surface area contributed by atoms with E-state index in [1.54, 1.807) is 31.2 Å². The summed E-state index contributed by atoms with van der Waals surface area (Å²) in [6.07, 6.45) is -3.24. The number of nitrogens with zero attached hydrogens (tertiary/aromatic N) is 1. The van der Waals surface area contributed by atoms with Crippen molar-refractivity contribution in [2.75, 3.05) is 5.73 Å². The highest BCUT2D eigenvalue weighted by molar-refractivity contribution is 5.68. The summed E-state index contributed by atoms with van der Waals surface area (Å²) in [5, 5.41) is 0. The van der Waals surface area contributed by atoms with Gasteiger partial charge in [0.25, 0.3) is 0 Å². The van der Waals surface area contributed by atoms with Gasteiger partial charge < -0.3 is 5.73 Å². The third kappa shape index (κ3) is 2.30. The highest BCUT2D eigenvalue weighted by Gasteiger charge is 2.35. The molecule has 2 nitrogen and oxygen atoms in total. The molecule has 94 valence electrons. The molecule has 0 aliphatic carbocycles. The van der Waals surface area contributed by atoms with Crippen LogP contribution in [-0.2, 0) is 6.18 Å². The van der Waals surface area contributed by atoms with Crippen molar-refractivity contribution >= 4 is 5.69 Å². The van der Waals surface area contributed by atoms with Crippen molar-refractivity contribution in [1.82, 2.24) is 4.98 Å². The maximum absolute atomic E-state index is 13.0. The van der Waals surface area contributed by atoms with Crippen molar-refractivity contribution < 1.29 is 13.2 Å². The van der Waals surface area contributed by atoms with Crippen LogP contribution in [0.3, 0.4) is 0 Å². The maximum atomic E-state index is 13.0. The van der Waals surface area contributed by atoms with Gasteiger partial charge in [0, 0.05) is 5.56 Å². The normalized spacial score (nSPS) is 11.6. The molecule has 0 unspecified atom stereocenters. The van der Waals surface area contributed by atoms with Crippen molar-refractivity contribution in [3.05, 3.63) is 47.7 Å². The Bertz CT molecular complexity index is 577. The second-order valence-electron chi connectivity index (χ2n) is 3.98. The van der Waals surface area contributed by atoms with Crippen LogP contribution in [0.1, 0.15) is 11.1 Å². The number of aryl methyl sites for hydroxylation is 1. The number of hydrogen-bond acceptors (Lipinski definition) is 2. The van der Waals surface area contributed by atoms with E-state index < -0.39 is 11.7 Å². The standard InChI is InChI=1S/C13H11F3N2/c1-8-4-2-3-5-10(8)12-11(13(14,15)16)6-9(17)7-18-12/h2-7H,17H2,1H3. The molecule has 0 bridgehead atoms. The predicted octanol–water partition coefficient (Wildman–Crippen LogP) is 3.66. The van der Waals surface area contributed by atoms with Gasteiger partial charge in [0.2, 0.25) is 0 Å². The van der Waals surface area contributed by atoms with E-state index in [-0.39, 0.29) is 11.4 Å². The van der Waals surface area contributed by atoms with E-state index in [9.17, 15) is 13.2 Å². The highest BCUT2D eigenvalue weighted by Crippen LogP contribution is 2.37. The molecule has 2 aromatic rings. The topological polar surface area (TPSA) is 38.9 Å². The van der Waals surface area contributed by atoms with Crippen LogP contribution in [0.25, 0.3) is 11.3 Å². The largest absolute Gasteiger partial charge is 0.418 e. The van der Waals surface area contributed by atoms with Crippen molar-refractivity contribution in [2.24, 2.45) is 0 Å². The number of halogens is 3. The van der Waals surface area contributed by atoms with E-state index in [1.165, 1.54) is 6.20 Å². The molecule has 0 fully saturated rings. The minimum atomic E-state index is -4.47. The van der Waals surface area contributed by atoms with Crippen LogP contribution >= 0.6 is 0 Å². The molecule has 0 aliphatic rings. The van der Waals surface area contributed by atoms with Crippen LogP contribution in [-0.4, -0.2) is 4.98 Å². The second kappa shape index (κ2) is 4.33. The molecule has 0 saturated heterocycles. The number of hydrogen-bond donors (Lipinski definition) is 1. The summed E-state index contributed by atoms with van der Waals surface area (Å²) in [6.45, 7) is 1.74. The van der Waals surface area contributed by atoms with Gasteiger partial charge in [-0.15, -0.1) is 0 Å². The number of benzene rings is 1. The van der Waals surface area contributed by atoms with Crippen LogP contribution in [0.5, 0.6) is 0 Å². The Morgan fingerprint density at radius 3 is 2.44 bits per heavy atom. The maximum Gasteiger partial charge on any atom is 0.418 e. The van der Waals surface area contributed by atoms with E-state index in [0.29, 0.717) is 5.56 Å². The number of nitrogens with two attached hydrogens (primary N) is 1. The minimum absolute atomic E-state index is 0.000316. The molecule has 0 aliphatic heterocycles. The molecule has 0 saturated carbocycles. The summed E-state index contributed by atoms with van der Waals surface area (Å²) in [5.74, 6) is 0. The number of rotatable bonds is 1. The average Bonchev–Trinajstić information content (AvgIpc) is 2.29. The van der Waals surface area contributed by atoms with Crippen LogP contribution in [0.4, 0.5) is 18.9 Å². The molecular weight excluding hydrogens is 241 g/mol. The Kier molecular flexibility index (Phi) is 2.98. The lowest BCUT2D eigenvalue weighted by molar-refractivity contribution is -0.137. The molecule has 1 heterocycles. The van der Waals surface area contributed by atoms with Gasteiger partial charge in [-0.05, 0) is 18.6 Å². The van der Waals surface area contributed by atoms with E-state index in [2.05, 4.69) is 4.98 Å². The fourth-order valence-electron chi connectivity index (χ4n) is 1.75. The molecule has 0 spiro atoms. The van der Waals surface area contributed by atoms with Gasteiger partial charge in [0.1, 0.15) is 0 Å². The Labute approximate surface area is 102 Å². The van der Waals surface area contributed by atoms with Crippen LogP contribution in [0.2, 0.25) is 0 Å². The first-order valence-electron chi connectivity index (χ1n) is 5.28. The molecule has 0 amide bonds. The monoisotopic (exact) mass is 252 g/mol. The molecule has 2 N–H and O–H groups in total. The quantitative estimate of drug-likeness (QED) is 0.841. The summed E-state index contributed by atoms with van der Waals surface area (Å²) in [5.41, 5.74) is 5.68. The SMILES string of the molecule is Cc1ccccc1-c1ncc(N)cc1C(F)(F)F. The Balaban J connectivity index is 2.69. The lowest BCUT2D eigenvalue weighted by atomic mass is 10.0. The van der Waals surface area contributed by atoms with Gasteiger partial charge in [-0.1, -0.05) is 24.3 Å². The van der Waals surface area contributed by atoms with Gasteiger partial charge in [0.05, 0.1) is 23.1 Å². The van der Waals surface area contributed by atoms with Gasteiger partial charge in [-0.2, -0.15) is 13.2 Å². The molecular formula is C13H11F3N2. The fourth-order valence-corrected chi connectivity index (χ4v) is 1.75. The van der Waals surface area contributed by atoms with Gasteiger partial charge in [-0.25, -0.2) is 0 Å². The van der Waals surface area contributed by atoms with E-state index in [1.807, 2.05) is 0 Å². The summed E-state index contributed by atoms with van der Waals surface area (Å²) in [7, 11) is 0. The van der Waals surface area contributed by atoms with E-state index in [4.69, 9.17) is 5.73 Å². The molecule has 1 aromatic carbocycles. The second-order valence-corrected chi connectivity index (χ2v) is 3.98. The molecule has 0 radical (unpaired) electrons. The summed E-state index contributed by atoms with van der Waals surface area (Å²) in [4.78, 5) is 3.83. The highest BCUT2D eigenvalue weighted by atomic mass is 19.4. The molecule has 5 heteroatoms. The van der Waals surface area contributed by atoms with Crippen LogP contribution in [0.15, 0.2) is 36.5 Å². The first kappa shape index (κ1) is 12.4. The van der Waals surface area contributed by atoms with Gasteiger partial charge >= 0.3 is 6.18 Å². The number of anilines is 1. The Hall–Kier alpha value is -2.04. The van der Waals surface area contributed by atoms with E-state index >= 15 is 0 Å². The zero-order valence-electron chi connectivity index (χ0n) is 9.62. The number of aromatic nitrogens is 1. The Morgan fingerprint density at radius 2 is 1.83 bits per heavy atom. The number of nitrogen functional groups attached to an aromatic ring is 1. The summed E-state index contributed by atoms with van der Waals surface area (Å²) < 4.78 is 38.9. The molecule has 0 atom stereocenters. The predicted molar refractivity (Wildman–Crippen MR) is 63.8 cm³/mol. The van der Waals surface area contributed by atoms with E-state index in [0.717, 1.165) is 11.6 Å². The van der Waals surface area contributed by atoms with Crippen molar-refractivity contribution in [1.29, 1.82) is 0 Å². The lowest BCUT2D eigenvalue weighted by Gasteiger charge is -2.14. The summed E-state index contributed by atoms with van der Waals surface area (Å²) >= 11 is 0. The van der Waals surface area contributed by atoms with Gasteiger partial charge in [0.15, 0.2) is 0 Å². The fraction of sp³-hybridized carbons (Fsp3) is 0.154. The number of alkyl halides is 3. The summed E-state index contributed by atoms with van der Waals surface area (Å²) in [6, 6.07) is 7.72. The third-order valence-corrected chi connectivity index (χ3v) is 2.61. The Morgan fingerprint density at radius 1 is 1.17 bits per heavy atom. The molecule has 1 aromatic heterocycles. The average molecular weight is 252 g/mol. The molecule has 2 rings (SSSR count). The zero-order chi connectivity index (χ0) is 13.3. The van der Waals surface area contributed by atoms with Crippen molar-refractivity contribution in [3.8, 4) is 11.3 Å². The zero-order valence-corrected chi connectivity index (χ0v) is 9.62. The van der Waals surface area contributed by atoms with Crippen LogP contribution in [0, 0.1) is 6.92 Å². The first-order valence-corrected chi connectivity index (χ1v) is 5.28. The van der Waals surface area contributed by atoms with Crippen molar-refractivity contribution in [3.63, 3.8) is 0 Å². The first-order chi connectivity index (χ1) is 8.39. The minimum Gasteiger partial charge on any atom is -0.397 e. The van der Waals surface area contributed by atoms with Gasteiger partial charge in [-0.3, -0.25) is 4.98 Å².